The van der Waals surface area contributed by atoms with Crippen LogP contribution in [0.4, 0.5) is 5.82 Å². The van der Waals surface area contributed by atoms with Gasteiger partial charge in [0.1, 0.15) is 17.6 Å². The molecule has 84 valence electrons. The number of nitrogens with zero attached hydrogens (tertiary/aromatic N) is 2. The van der Waals surface area contributed by atoms with E-state index < -0.39 is 0 Å². The first-order valence-electron chi connectivity index (χ1n) is 5.89. The molecule has 0 aromatic carbocycles. The van der Waals surface area contributed by atoms with Crippen molar-refractivity contribution in [3.8, 4) is 6.07 Å². The van der Waals surface area contributed by atoms with Crippen molar-refractivity contribution >= 4 is 5.82 Å². The summed E-state index contributed by atoms with van der Waals surface area (Å²) >= 11 is 0. The monoisotopic (exact) mass is 215 g/mol. The van der Waals surface area contributed by atoms with Crippen LogP contribution in [0.1, 0.15) is 38.3 Å². The number of hydrogen-bond donors (Lipinski definition) is 1. The summed E-state index contributed by atoms with van der Waals surface area (Å²) < 4.78 is 0. The summed E-state index contributed by atoms with van der Waals surface area (Å²) in [5, 5.41) is 12.1. The molecule has 3 nitrogen and oxygen atoms in total. The van der Waals surface area contributed by atoms with Crippen LogP contribution in [0.25, 0.3) is 0 Å². The van der Waals surface area contributed by atoms with E-state index in [1.165, 1.54) is 25.7 Å². The van der Waals surface area contributed by atoms with Crippen LogP contribution >= 0.6 is 0 Å². The van der Waals surface area contributed by atoms with Gasteiger partial charge in [-0.3, -0.25) is 0 Å². The van der Waals surface area contributed by atoms with Crippen molar-refractivity contribution in [3.05, 3.63) is 23.9 Å². The smallest absolute Gasteiger partial charge is 0.142 e. The van der Waals surface area contributed by atoms with E-state index in [4.69, 9.17) is 5.26 Å². The molecule has 1 aromatic rings. The average molecular weight is 215 g/mol. The van der Waals surface area contributed by atoms with Crippen LogP contribution in [0.5, 0.6) is 0 Å². The third-order valence-corrected chi connectivity index (χ3v) is 3.25. The summed E-state index contributed by atoms with van der Waals surface area (Å²) in [6.45, 7) is 3.22. The lowest BCUT2D eigenvalue weighted by molar-refractivity contribution is 0.485. The predicted octanol–water partition coefficient (Wildman–Crippen LogP) is 2.95. The Kier molecular flexibility index (Phi) is 3.09. The quantitative estimate of drug-likeness (QED) is 0.821. The first-order valence-corrected chi connectivity index (χ1v) is 5.89. The molecule has 0 saturated heterocycles. The van der Waals surface area contributed by atoms with Gasteiger partial charge in [0.25, 0.3) is 0 Å². The van der Waals surface area contributed by atoms with Gasteiger partial charge in [-0.25, -0.2) is 4.98 Å². The Balaban J connectivity index is 1.92. The second-order valence-corrected chi connectivity index (χ2v) is 4.62. The molecule has 0 bridgehead atoms. The van der Waals surface area contributed by atoms with Crippen LogP contribution in [0.2, 0.25) is 0 Å². The topological polar surface area (TPSA) is 48.7 Å². The van der Waals surface area contributed by atoms with Crippen molar-refractivity contribution in [3.63, 3.8) is 0 Å². The SMILES string of the molecule is CCCC1(CNc2cccc(C#N)n2)CC1. The Bertz CT molecular complexity index is 402. The van der Waals surface area contributed by atoms with Gasteiger partial charge in [-0.15, -0.1) is 0 Å². The minimum atomic E-state index is 0.477. The van der Waals surface area contributed by atoms with Gasteiger partial charge in [0.05, 0.1) is 0 Å². The van der Waals surface area contributed by atoms with Crippen LogP contribution < -0.4 is 5.32 Å². The van der Waals surface area contributed by atoms with Crippen LogP contribution in [0.3, 0.4) is 0 Å². The van der Waals surface area contributed by atoms with Crippen LogP contribution in [0, 0.1) is 16.7 Å². The van der Waals surface area contributed by atoms with Gasteiger partial charge in [0, 0.05) is 6.54 Å². The predicted molar refractivity (Wildman–Crippen MR) is 64.0 cm³/mol. The molecule has 1 aromatic heterocycles. The maximum Gasteiger partial charge on any atom is 0.142 e. The lowest BCUT2D eigenvalue weighted by Gasteiger charge is -2.15. The zero-order chi connectivity index (χ0) is 11.4. The standard InChI is InChI=1S/C13H17N3/c1-2-6-13(7-8-13)10-15-12-5-3-4-11(9-14)16-12/h3-5H,2,6-8,10H2,1H3,(H,15,16). The number of pyridine rings is 1. The summed E-state index contributed by atoms with van der Waals surface area (Å²) in [5.74, 6) is 0.821. The molecule has 16 heavy (non-hydrogen) atoms. The fourth-order valence-electron chi connectivity index (χ4n) is 2.10. The molecule has 1 fully saturated rings. The van der Waals surface area contributed by atoms with Crippen LogP contribution in [-0.4, -0.2) is 11.5 Å². The summed E-state index contributed by atoms with van der Waals surface area (Å²) in [4.78, 5) is 4.21. The molecule has 1 N–H and O–H groups in total. The molecule has 0 spiro atoms. The molecule has 0 amide bonds. The molecular weight excluding hydrogens is 198 g/mol. The third kappa shape index (κ3) is 2.52. The van der Waals surface area contributed by atoms with Gasteiger partial charge in [-0.05, 0) is 36.8 Å². The van der Waals surface area contributed by atoms with Crippen molar-refractivity contribution in [2.24, 2.45) is 5.41 Å². The second kappa shape index (κ2) is 4.52. The molecular formula is C13H17N3. The maximum atomic E-state index is 8.75. The molecule has 1 saturated carbocycles. The Morgan fingerprint density at radius 2 is 2.31 bits per heavy atom. The van der Waals surface area contributed by atoms with E-state index in [1.54, 1.807) is 6.07 Å². The van der Waals surface area contributed by atoms with Crippen LogP contribution in [-0.2, 0) is 0 Å². The zero-order valence-corrected chi connectivity index (χ0v) is 9.66. The van der Waals surface area contributed by atoms with E-state index in [-0.39, 0.29) is 0 Å². The molecule has 3 heteroatoms. The summed E-state index contributed by atoms with van der Waals surface area (Å²) in [6, 6.07) is 7.57. The highest BCUT2D eigenvalue weighted by Gasteiger charge is 2.41. The zero-order valence-electron chi connectivity index (χ0n) is 9.66. The molecule has 0 unspecified atom stereocenters. The van der Waals surface area contributed by atoms with Gasteiger partial charge in [0.2, 0.25) is 0 Å². The normalized spacial score (nSPS) is 16.5. The van der Waals surface area contributed by atoms with Crippen molar-refractivity contribution in [2.75, 3.05) is 11.9 Å². The average Bonchev–Trinajstić information content (AvgIpc) is 3.08. The van der Waals surface area contributed by atoms with Crippen molar-refractivity contribution in [2.45, 2.75) is 32.6 Å². The van der Waals surface area contributed by atoms with Gasteiger partial charge < -0.3 is 5.32 Å². The Morgan fingerprint density at radius 3 is 2.94 bits per heavy atom. The van der Waals surface area contributed by atoms with E-state index in [1.807, 2.05) is 12.1 Å². The molecule has 1 heterocycles. The summed E-state index contributed by atoms with van der Waals surface area (Å²) in [5.41, 5.74) is 0.990. The van der Waals surface area contributed by atoms with Crippen molar-refractivity contribution in [1.29, 1.82) is 5.26 Å². The molecule has 0 radical (unpaired) electrons. The van der Waals surface area contributed by atoms with Gasteiger partial charge in [-0.2, -0.15) is 5.26 Å². The third-order valence-electron chi connectivity index (χ3n) is 3.25. The molecule has 0 aliphatic heterocycles. The van der Waals surface area contributed by atoms with Crippen molar-refractivity contribution < 1.29 is 0 Å². The van der Waals surface area contributed by atoms with Crippen LogP contribution in [0.15, 0.2) is 18.2 Å². The minimum Gasteiger partial charge on any atom is -0.369 e. The maximum absolute atomic E-state index is 8.75. The fourth-order valence-corrected chi connectivity index (χ4v) is 2.10. The Labute approximate surface area is 96.5 Å². The number of anilines is 1. The lowest BCUT2D eigenvalue weighted by atomic mass is 10.0. The largest absolute Gasteiger partial charge is 0.369 e. The fraction of sp³-hybridized carbons (Fsp3) is 0.538. The van der Waals surface area contributed by atoms with E-state index >= 15 is 0 Å². The van der Waals surface area contributed by atoms with E-state index in [0.717, 1.165) is 12.4 Å². The van der Waals surface area contributed by atoms with E-state index in [2.05, 4.69) is 23.3 Å². The van der Waals surface area contributed by atoms with E-state index in [9.17, 15) is 0 Å². The highest BCUT2D eigenvalue weighted by atomic mass is 15.0. The summed E-state index contributed by atoms with van der Waals surface area (Å²) in [6.07, 6.45) is 5.18. The molecule has 1 aliphatic carbocycles. The molecule has 0 atom stereocenters. The number of hydrogen-bond acceptors (Lipinski definition) is 3. The van der Waals surface area contributed by atoms with E-state index in [0.29, 0.717) is 11.1 Å². The summed E-state index contributed by atoms with van der Waals surface area (Å²) in [7, 11) is 0. The highest BCUT2D eigenvalue weighted by Crippen LogP contribution is 2.49. The number of aromatic nitrogens is 1. The first kappa shape index (κ1) is 10.9. The van der Waals surface area contributed by atoms with Gasteiger partial charge >= 0.3 is 0 Å². The minimum absolute atomic E-state index is 0.477. The van der Waals surface area contributed by atoms with Crippen molar-refractivity contribution in [1.82, 2.24) is 4.98 Å². The first-order chi connectivity index (χ1) is 7.78. The second-order valence-electron chi connectivity index (χ2n) is 4.62. The Hall–Kier alpha value is -1.56. The number of rotatable bonds is 5. The number of nitriles is 1. The van der Waals surface area contributed by atoms with Gasteiger partial charge in [0.15, 0.2) is 0 Å². The van der Waals surface area contributed by atoms with Gasteiger partial charge in [-0.1, -0.05) is 19.4 Å². The molecule has 1 aliphatic rings. The Morgan fingerprint density at radius 1 is 1.50 bits per heavy atom. The molecule has 2 rings (SSSR count). The lowest BCUT2D eigenvalue weighted by Crippen LogP contribution is -2.15. The number of nitrogens with one attached hydrogen (secondary N) is 1. The highest BCUT2D eigenvalue weighted by molar-refractivity contribution is 5.38.